The molecule has 1 atom stereocenters. The average molecular weight is 315 g/mol. The van der Waals surface area contributed by atoms with Crippen LogP contribution in [0.15, 0.2) is 41.7 Å². The molecule has 0 bridgehead atoms. The van der Waals surface area contributed by atoms with E-state index in [0.29, 0.717) is 0 Å². The minimum absolute atomic E-state index is 0.167. The largest absolute Gasteiger partial charge is 0.235 e. The summed E-state index contributed by atoms with van der Waals surface area (Å²) < 4.78 is 14.0. The van der Waals surface area contributed by atoms with Crippen molar-refractivity contribution in [3.05, 3.63) is 42.5 Å². The molecule has 3 aromatic rings. The van der Waals surface area contributed by atoms with Gasteiger partial charge >= 0.3 is 0 Å². The van der Waals surface area contributed by atoms with Gasteiger partial charge in [0.15, 0.2) is 0 Å². The summed E-state index contributed by atoms with van der Waals surface area (Å²) in [6.45, 7) is 1.84. The summed E-state index contributed by atoms with van der Waals surface area (Å²) in [5.74, 6) is -0.251. The molecule has 0 radical (unpaired) electrons. The van der Waals surface area contributed by atoms with Crippen LogP contribution in [0.4, 0.5) is 4.39 Å². The molecular formula is C15H10FN3S2. The maximum atomic E-state index is 13.0. The van der Waals surface area contributed by atoms with E-state index in [0.717, 1.165) is 25.7 Å². The van der Waals surface area contributed by atoms with E-state index in [1.165, 1.54) is 30.2 Å². The Bertz CT molecular complexity index is 821. The van der Waals surface area contributed by atoms with Crippen molar-refractivity contribution in [2.75, 3.05) is 0 Å². The van der Waals surface area contributed by atoms with Gasteiger partial charge in [0.2, 0.25) is 0 Å². The van der Waals surface area contributed by atoms with E-state index < -0.39 is 0 Å². The van der Waals surface area contributed by atoms with E-state index in [-0.39, 0.29) is 11.1 Å². The molecule has 0 N–H and O–H groups in total. The summed E-state index contributed by atoms with van der Waals surface area (Å²) in [7, 11) is 0. The molecule has 3 rings (SSSR count). The van der Waals surface area contributed by atoms with Crippen LogP contribution in [0.1, 0.15) is 6.92 Å². The van der Waals surface area contributed by atoms with Crippen LogP contribution in [0.2, 0.25) is 0 Å². The van der Waals surface area contributed by atoms with Gasteiger partial charge in [-0.15, -0.1) is 11.3 Å². The van der Waals surface area contributed by atoms with Gasteiger partial charge in [-0.25, -0.2) is 14.4 Å². The Hall–Kier alpha value is -1.97. The number of rotatable bonds is 3. The molecular weight excluding hydrogens is 305 g/mol. The van der Waals surface area contributed by atoms with Gasteiger partial charge in [-0.2, -0.15) is 5.26 Å². The Morgan fingerprint density at radius 1 is 1.29 bits per heavy atom. The summed E-state index contributed by atoms with van der Waals surface area (Å²) >= 11 is 2.98. The Kier molecular flexibility index (Phi) is 3.86. The molecule has 0 amide bonds. The Labute approximate surface area is 129 Å². The Morgan fingerprint density at radius 3 is 2.76 bits per heavy atom. The summed E-state index contributed by atoms with van der Waals surface area (Å²) in [6, 6.07) is 10.5. The van der Waals surface area contributed by atoms with Gasteiger partial charge in [0.25, 0.3) is 0 Å². The highest BCUT2D eigenvalue weighted by Crippen LogP contribution is 2.37. The molecule has 0 fully saturated rings. The van der Waals surface area contributed by atoms with Crippen molar-refractivity contribution in [2.24, 2.45) is 0 Å². The quantitative estimate of drug-likeness (QED) is 0.527. The lowest BCUT2D eigenvalue weighted by molar-refractivity contribution is 0.628. The van der Waals surface area contributed by atoms with E-state index in [4.69, 9.17) is 5.26 Å². The predicted octanol–water partition coefficient (Wildman–Crippen LogP) is 4.50. The van der Waals surface area contributed by atoms with Crippen LogP contribution in [0, 0.1) is 17.1 Å². The molecule has 104 valence electrons. The van der Waals surface area contributed by atoms with Crippen molar-refractivity contribution in [1.29, 1.82) is 5.26 Å². The molecule has 2 heterocycles. The lowest BCUT2D eigenvalue weighted by Crippen LogP contribution is -1.92. The van der Waals surface area contributed by atoms with Crippen molar-refractivity contribution >= 4 is 33.3 Å². The zero-order valence-electron chi connectivity index (χ0n) is 11.1. The van der Waals surface area contributed by atoms with Crippen molar-refractivity contribution < 1.29 is 4.39 Å². The Morgan fingerprint density at radius 2 is 2.05 bits per heavy atom. The molecule has 0 spiro atoms. The van der Waals surface area contributed by atoms with Gasteiger partial charge in [0.1, 0.15) is 17.2 Å². The van der Waals surface area contributed by atoms with Gasteiger partial charge in [-0.3, -0.25) is 0 Å². The van der Waals surface area contributed by atoms with Crippen LogP contribution in [0.5, 0.6) is 0 Å². The number of nitrogens with zero attached hydrogens (tertiary/aromatic N) is 3. The fraction of sp³-hybridized carbons (Fsp3) is 0.133. The molecule has 6 heteroatoms. The fourth-order valence-electron chi connectivity index (χ4n) is 1.87. The lowest BCUT2D eigenvalue weighted by Gasteiger charge is -2.01. The first kappa shape index (κ1) is 14.0. The van der Waals surface area contributed by atoms with E-state index in [2.05, 4.69) is 16.0 Å². The number of thiophene rings is 1. The molecule has 21 heavy (non-hydrogen) atoms. The smallest absolute Gasteiger partial charge is 0.123 e. The standard InChI is InChI=1S/C15H10FN3S2/c1-9(7-17)20-15-14-12(18-8-19-15)6-13(21-14)10-2-4-11(16)5-3-10/h2-6,8-9H,1H3/t9-/m0/s1. The average Bonchev–Trinajstić information content (AvgIpc) is 2.93. The SMILES string of the molecule is C[C@@H](C#N)Sc1ncnc2cc(-c3ccc(F)cc3)sc12. The maximum absolute atomic E-state index is 13.0. The minimum Gasteiger partial charge on any atom is -0.235 e. The third kappa shape index (κ3) is 2.89. The predicted molar refractivity (Wildman–Crippen MR) is 83.7 cm³/mol. The van der Waals surface area contributed by atoms with Crippen LogP contribution >= 0.6 is 23.1 Å². The van der Waals surface area contributed by atoms with Crippen LogP contribution in [0.25, 0.3) is 20.7 Å². The number of halogens is 1. The number of hydrogen-bond donors (Lipinski definition) is 0. The summed E-state index contributed by atoms with van der Waals surface area (Å²) in [5.41, 5.74) is 1.80. The van der Waals surface area contributed by atoms with Crippen molar-refractivity contribution in [1.82, 2.24) is 9.97 Å². The third-order valence-corrected chi connectivity index (χ3v) is 5.18. The first-order valence-corrected chi connectivity index (χ1v) is 7.94. The summed E-state index contributed by atoms with van der Waals surface area (Å²) in [5, 5.41) is 9.58. The molecule has 1 aromatic carbocycles. The fourth-order valence-corrected chi connectivity index (χ4v) is 3.84. The van der Waals surface area contributed by atoms with Gasteiger partial charge in [0.05, 0.1) is 21.5 Å². The Balaban J connectivity index is 2.06. The molecule has 0 saturated heterocycles. The molecule has 0 aliphatic carbocycles. The van der Waals surface area contributed by atoms with Crippen LogP contribution in [-0.4, -0.2) is 15.2 Å². The van der Waals surface area contributed by atoms with Gasteiger partial charge in [0, 0.05) is 4.88 Å². The number of nitriles is 1. The number of hydrogen-bond acceptors (Lipinski definition) is 5. The number of thioether (sulfide) groups is 1. The van der Waals surface area contributed by atoms with Crippen molar-refractivity contribution in [2.45, 2.75) is 17.2 Å². The first-order valence-electron chi connectivity index (χ1n) is 6.24. The summed E-state index contributed by atoms with van der Waals surface area (Å²) in [4.78, 5) is 9.55. The monoisotopic (exact) mass is 315 g/mol. The number of aromatic nitrogens is 2. The van der Waals surface area contributed by atoms with Gasteiger partial charge < -0.3 is 0 Å². The second-order valence-electron chi connectivity index (χ2n) is 4.40. The highest BCUT2D eigenvalue weighted by Gasteiger charge is 2.13. The number of fused-ring (bicyclic) bond motifs is 1. The zero-order valence-corrected chi connectivity index (χ0v) is 12.7. The first-order chi connectivity index (χ1) is 10.2. The second kappa shape index (κ2) is 5.80. The minimum atomic E-state index is -0.251. The van der Waals surface area contributed by atoms with E-state index in [1.807, 2.05) is 13.0 Å². The molecule has 0 unspecified atom stereocenters. The zero-order chi connectivity index (χ0) is 14.8. The molecule has 0 saturated carbocycles. The lowest BCUT2D eigenvalue weighted by atomic mass is 10.2. The van der Waals surface area contributed by atoms with Gasteiger partial charge in [-0.1, -0.05) is 23.9 Å². The van der Waals surface area contributed by atoms with Crippen LogP contribution < -0.4 is 0 Å². The second-order valence-corrected chi connectivity index (χ2v) is 6.78. The highest BCUT2D eigenvalue weighted by atomic mass is 32.2. The molecule has 0 aliphatic heterocycles. The molecule has 3 nitrogen and oxygen atoms in total. The number of benzene rings is 1. The maximum Gasteiger partial charge on any atom is 0.123 e. The van der Waals surface area contributed by atoms with Crippen LogP contribution in [0.3, 0.4) is 0 Å². The van der Waals surface area contributed by atoms with E-state index in [1.54, 1.807) is 23.5 Å². The normalized spacial score (nSPS) is 12.2. The van der Waals surface area contributed by atoms with Crippen molar-refractivity contribution in [3.8, 4) is 16.5 Å². The van der Waals surface area contributed by atoms with Gasteiger partial charge in [-0.05, 0) is 30.7 Å². The van der Waals surface area contributed by atoms with E-state index in [9.17, 15) is 4.39 Å². The molecule has 0 aliphatic rings. The highest BCUT2D eigenvalue weighted by molar-refractivity contribution is 8.00. The third-order valence-electron chi connectivity index (χ3n) is 2.88. The topological polar surface area (TPSA) is 49.6 Å². The van der Waals surface area contributed by atoms with Crippen LogP contribution in [-0.2, 0) is 0 Å². The van der Waals surface area contributed by atoms with E-state index >= 15 is 0 Å². The summed E-state index contributed by atoms with van der Waals surface area (Å²) in [6.07, 6.45) is 1.51. The molecule has 2 aromatic heterocycles. The van der Waals surface area contributed by atoms with Crippen molar-refractivity contribution in [3.63, 3.8) is 0 Å².